The number of methoxy groups -OCH3 is 1. The Bertz CT molecular complexity index is 432. The molecule has 1 aromatic heterocycles. The van der Waals surface area contributed by atoms with E-state index in [9.17, 15) is 9.59 Å². The minimum absolute atomic E-state index is 0.0891. The van der Waals surface area contributed by atoms with E-state index in [-0.39, 0.29) is 17.0 Å². The number of ether oxygens (including phenoxy) is 1. The van der Waals surface area contributed by atoms with Crippen molar-refractivity contribution in [3.8, 4) is 0 Å². The molecule has 0 saturated carbocycles. The summed E-state index contributed by atoms with van der Waals surface area (Å²) in [5.41, 5.74) is 0.704. The topological polar surface area (TPSA) is 48.3 Å². The fourth-order valence-corrected chi connectivity index (χ4v) is 1.31. The summed E-state index contributed by atoms with van der Waals surface area (Å²) >= 11 is 0. The monoisotopic (exact) mass is 209 g/mol. The predicted molar refractivity (Wildman–Crippen MR) is 57.1 cm³/mol. The minimum atomic E-state index is -0.585. The zero-order chi connectivity index (χ0) is 11.6. The summed E-state index contributed by atoms with van der Waals surface area (Å²) in [6, 6.07) is 1.60. The van der Waals surface area contributed by atoms with Gasteiger partial charge in [0.2, 0.25) is 0 Å². The third-order valence-electron chi connectivity index (χ3n) is 2.28. The van der Waals surface area contributed by atoms with Gasteiger partial charge in [0.15, 0.2) is 0 Å². The third kappa shape index (κ3) is 2.26. The quantitative estimate of drug-likeness (QED) is 0.690. The molecule has 0 N–H and O–H groups in total. The second-order valence-electron chi connectivity index (χ2n) is 3.75. The number of nitrogens with zero attached hydrogens (tertiary/aromatic N) is 1. The number of hydrogen-bond acceptors (Lipinski definition) is 3. The molecule has 0 spiro atoms. The summed E-state index contributed by atoms with van der Waals surface area (Å²) < 4.78 is 5.96. The lowest BCUT2D eigenvalue weighted by Crippen LogP contribution is -2.25. The van der Waals surface area contributed by atoms with Gasteiger partial charge in [0, 0.05) is 13.2 Å². The van der Waals surface area contributed by atoms with Crippen LogP contribution in [-0.2, 0) is 11.8 Å². The van der Waals surface area contributed by atoms with E-state index in [2.05, 4.69) is 4.74 Å². The van der Waals surface area contributed by atoms with Crippen molar-refractivity contribution in [2.75, 3.05) is 7.11 Å². The number of aromatic nitrogens is 1. The van der Waals surface area contributed by atoms with Crippen LogP contribution in [0.5, 0.6) is 0 Å². The van der Waals surface area contributed by atoms with Crippen LogP contribution in [0, 0.1) is 0 Å². The maximum absolute atomic E-state index is 11.6. The highest BCUT2D eigenvalue weighted by Gasteiger charge is 2.14. The van der Waals surface area contributed by atoms with Crippen molar-refractivity contribution >= 4 is 5.97 Å². The maximum atomic E-state index is 11.6. The van der Waals surface area contributed by atoms with Gasteiger partial charge in [-0.3, -0.25) is 4.79 Å². The van der Waals surface area contributed by atoms with Gasteiger partial charge >= 0.3 is 5.97 Å². The molecule has 0 aromatic carbocycles. The fraction of sp³-hybridized carbons (Fsp3) is 0.455. The Hall–Kier alpha value is -1.58. The van der Waals surface area contributed by atoms with Crippen molar-refractivity contribution in [2.24, 2.45) is 7.05 Å². The van der Waals surface area contributed by atoms with E-state index >= 15 is 0 Å². The smallest absolute Gasteiger partial charge is 0.343 e. The summed E-state index contributed by atoms with van der Waals surface area (Å²) in [6.07, 6.45) is 1.74. The van der Waals surface area contributed by atoms with Crippen LogP contribution in [0.25, 0.3) is 0 Å². The summed E-state index contributed by atoms with van der Waals surface area (Å²) in [7, 11) is 2.89. The fourth-order valence-electron chi connectivity index (χ4n) is 1.31. The predicted octanol–water partition coefficient (Wildman–Crippen LogP) is 1.30. The molecule has 0 radical (unpaired) electrons. The van der Waals surface area contributed by atoms with Crippen molar-refractivity contribution in [1.29, 1.82) is 0 Å². The standard InChI is InChI=1S/C11H15NO3/c1-7(2)8-5-9(11(14)15-4)10(13)12(3)6-8/h5-7H,1-4H3. The van der Waals surface area contributed by atoms with Crippen LogP contribution in [0.15, 0.2) is 17.1 Å². The Morgan fingerprint density at radius 2 is 2.07 bits per heavy atom. The third-order valence-corrected chi connectivity index (χ3v) is 2.28. The molecule has 15 heavy (non-hydrogen) atoms. The summed E-state index contributed by atoms with van der Waals surface area (Å²) in [4.78, 5) is 22.9. The molecule has 0 aliphatic rings. The lowest BCUT2D eigenvalue weighted by Gasteiger charge is -2.09. The highest BCUT2D eigenvalue weighted by Crippen LogP contribution is 2.13. The molecular weight excluding hydrogens is 194 g/mol. The first-order valence-corrected chi connectivity index (χ1v) is 4.76. The van der Waals surface area contributed by atoms with Gasteiger partial charge in [-0.25, -0.2) is 4.79 Å². The van der Waals surface area contributed by atoms with Crippen molar-refractivity contribution < 1.29 is 9.53 Å². The molecule has 0 aliphatic heterocycles. The molecule has 0 aliphatic carbocycles. The van der Waals surface area contributed by atoms with E-state index in [4.69, 9.17) is 0 Å². The van der Waals surface area contributed by atoms with E-state index in [1.807, 2.05) is 13.8 Å². The zero-order valence-electron chi connectivity index (χ0n) is 9.40. The van der Waals surface area contributed by atoms with Gasteiger partial charge in [-0.15, -0.1) is 0 Å². The van der Waals surface area contributed by atoms with E-state index in [0.717, 1.165) is 5.56 Å². The van der Waals surface area contributed by atoms with E-state index in [1.165, 1.54) is 11.7 Å². The van der Waals surface area contributed by atoms with Gasteiger partial charge in [0.25, 0.3) is 5.56 Å². The van der Waals surface area contributed by atoms with Gasteiger partial charge in [0.05, 0.1) is 7.11 Å². The highest BCUT2D eigenvalue weighted by molar-refractivity contribution is 5.89. The van der Waals surface area contributed by atoms with Crippen LogP contribution in [0.3, 0.4) is 0 Å². The lowest BCUT2D eigenvalue weighted by molar-refractivity contribution is 0.0598. The van der Waals surface area contributed by atoms with E-state index in [1.54, 1.807) is 19.3 Å². The molecular formula is C11H15NO3. The Morgan fingerprint density at radius 3 is 2.53 bits per heavy atom. The number of rotatable bonds is 2. The molecule has 1 aromatic rings. The van der Waals surface area contributed by atoms with E-state index in [0.29, 0.717) is 0 Å². The number of aryl methyl sites for hydroxylation is 1. The van der Waals surface area contributed by atoms with Crippen molar-refractivity contribution in [2.45, 2.75) is 19.8 Å². The first kappa shape index (κ1) is 11.5. The number of pyridine rings is 1. The largest absolute Gasteiger partial charge is 0.465 e. The van der Waals surface area contributed by atoms with Crippen molar-refractivity contribution in [1.82, 2.24) is 4.57 Å². The summed E-state index contributed by atoms with van der Waals surface area (Å²) in [5, 5.41) is 0. The molecule has 4 heteroatoms. The highest BCUT2D eigenvalue weighted by atomic mass is 16.5. The molecule has 0 atom stereocenters. The number of hydrogen-bond donors (Lipinski definition) is 0. The van der Waals surface area contributed by atoms with Crippen LogP contribution < -0.4 is 5.56 Å². The molecule has 0 saturated heterocycles. The van der Waals surface area contributed by atoms with Crippen LogP contribution in [0.2, 0.25) is 0 Å². The average Bonchev–Trinajstić information content (AvgIpc) is 2.20. The summed E-state index contributed by atoms with van der Waals surface area (Å²) in [6.45, 7) is 4.00. The molecule has 0 unspecified atom stereocenters. The van der Waals surface area contributed by atoms with Crippen LogP contribution in [0.4, 0.5) is 0 Å². The molecule has 0 fully saturated rings. The minimum Gasteiger partial charge on any atom is -0.465 e. The molecule has 1 heterocycles. The lowest BCUT2D eigenvalue weighted by atomic mass is 10.0. The number of carbonyl (C=O) groups excluding carboxylic acids is 1. The van der Waals surface area contributed by atoms with Gasteiger partial charge in [-0.2, -0.15) is 0 Å². The van der Waals surface area contributed by atoms with Gasteiger partial charge in [-0.1, -0.05) is 13.8 Å². The molecule has 0 bridgehead atoms. The number of esters is 1. The SMILES string of the molecule is COC(=O)c1cc(C(C)C)cn(C)c1=O. The molecule has 1 rings (SSSR count). The van der Waals surface area contributed by atoms with Gasteiger partial charge in [0.1, 0.15) is 5.56 Å². The molecule has 82 valence electrons. The van der Waals surface area contributed by atoms with Crippen LogP contribution in [-0.4, -0.2) is 17.6 Å². The molecule has 4 nitrogen and oxygen atoms in total. The van der Waals surface area contributed by atoms with E-state index < -0.39 is 5.97 Å². The Balaban J connectivity index is 3.38. The Morgan fingerprint density at radius 1 is 1.47 bits per heavy atom. The van der Waals surface area contributed by atoms with Crippen LogP contribution >= 0.6 is 0 Å². The van der Waals surface area contributed by atoms with Gasteiger partial charge < -0.3 is 9.30 Å². The average molecular weight is 209 g/mol. The zero-order valence-corrected chi connectivity index (χ0v) is 9.40. The maximum Gasteiger partial charge on any atom is 0.343 e. The Kier molecular flexibility index (Phi) is 3.29. The Labute approximate surface area is 88.5 Å². The van der Waals surface area contributed by atoms with Crippen molar-refractivity contribution in [3.05, 3.63) is 33.7 Å². The van der Waals surface area contributed by atoms with Crippen molar-refractivity contribution in [3.63, 3.8) is 0 Å². The summed E-state index contributed by atoms with van der Waals surface area (Å²) in [5.74, 6) is -0.321. The van der Waals surface area contributed by atoms with Crippen LogP contribution in [0.1, 0.15) is 35.7 Å². The van der Waals surface area contributed by atoms with Gasteiger partial charge in [-0.05, 0) is 17.5 Å². The normalized spacial score (nSPS) is 10.5. The molecule has 0 amide bonds. The first-order chi connectivity index (χ1) is 6.97. The second-order valence-corrected chi connectivity index (χ2v) is 3.75. The second kappa shape index (κ2) is 4.29. The first-order valence-electron chi connectivity index (χ1n) is 4.76. The number of carbonyl (C=O) groups is 1.